The number of benzene rings is 3. The summed E-state index contributed by atoms with van der Waals surface area (Å²) >= 11 is 0. The summed E-state index contributed by atoms with van der Waals surface area (Å²) in [6, 6.07) is 24.9. The maximum Gasteiger partial charge on any atom is 0.121 e. The van der Waals surface area contributed by atoms with Crippen molar-refractivity contribution < 1.29 is 5.11 Å². The van der Waals surface area contributed by atoms with E-state index in [-0.39, 0.29) is 0 Å². The normalized spacial score (nSPS) is 9.96. The van der Waals surface area contributed by atoms with Gasteiger partial charge < -0.3 is 5.11 Å². The van der Waals surface area contributed by atoms with E-state index in [0.29, 0.717) is 5.75 Å². The van der Waals surface area contributed by atoms with Gasteiger partial charge in [0.15, 0.2) is 0 Å². The Morgan fingerprint density at radius 3 is 1.50 bits per heavy atom. The van der Waals surface area contributed by atoms with Crippen molar-refractivity contribution >= 4 is 0 Å². The number of hydrogen-bond donors (Lipinski definition) is 1. The largest absolute Gasteiger partial charge is 0.507 e. The fraction of sp³-hybridized carbons (Fsp3) is 0.217. The van der Waals surface area contributed by atoms with Gasteiger partial charge in [0.2, 0.25) is 0 Å². The Morgan fingerprint density at radius 2 is 1.12 bits per heavy atom. The summed E-state index contributed by atoms with van der Waals surface area (Å²) in [5.41, 5.74) is 5.85. The zero-order valence-electron chi connectivity index (χ0n) is 14.8. The summed E-state index contributed by atoms with van der Waals surface area (Å²) in [6.07, 6.45) is 2.26. The van der Waals surface area contributed by atoms with Gasteiger partial charge in [0.1, 0.15) is 5.75 Å². The molecule has 0 aromatic heterocycles. The van der Waals surface area contributed by atoms with Crippen LogP contribution in [0.25, 0.3) is 11.1 Å². The number of aryl methyl sites for hydroxylation is 3. The van der Waals surface area contributed by atoms with Crippen molar-refractivity contribution in [2.24, 2.45) is 0 Å². The second-order valence-electron chi connectivity index (χ2n) is 6.06. The Morgan fingerprint density at radius 1 is 0.708 bits per heavy atom. The molecule has 0 spiro atoms. The van der Waals surface area contributed by atoms with Gasteiger partial charge in [-0.25, -0.2) is 0 Å². The highest BCUT2D eigenvalue weighted by Crippen LogP contribution is 2.23. The molecule has 0 atom stereocenters. The monoisotopic (exact) mass is 318 g/mol. The van der Waals surface area contributed by atoms with Crippen LogP contribution in [0, 0.1) is 13.8 Å². The highest BCUT2D eigenvalue weighted by Gasteiger charge is 2.01. The van der Waals surface area contributed by atoms with Crippen LogP contribution >= 0.6 is 0 Å². The fourth-order valence-corrected chi connectivity index (χ4v) is 2.74. The van der Waals surface area contributed by atoms with Crippen LogP contribution < -0.4 is 0 Å². The van der Waals surface area contributed by atoms with Gasteiger partial charge in [-0.15, -0.1) is 0 Å². The Bertz CT molecular complexity index is 685. The van der Waals surface area contributed by atoms with Crippen molar-refractivity contribution in [3.63, 3.8) is 0 Å². The van der Waals surface area contributed by atoms with Crippen molar-refractivity contribution in [2.75, 3.05) is 0 Å². The predicted octanol–water partition coefficient (Wildman–Crippen LogP) is 6.32. The molecule has 1 heteroatoms. The van der Waals surface area contributed by atoms with Crippen molar-refractivity contribution in [1.82, 2.24) is 0 Å². The van der Waals surface area contributed by atoms with Gasteiger partial charge in [-0.05, 0) is 48.1 Å². The minimum atomic E-state index is 0.440. The first-order valence-electron chi connectivity index (χ1n) is 8.51. The third-order valence-corrected chi connectivity index (χ3v) is 3.97. The lowest BCUT2D eigenvalue weighted by atomic mass is 10.0. The molecule has 24 heavy (non-hydrogen) atoms. The van der Waals surface area contributed by atoms with Crippen LogP contribution in [0.5, 0.6) is 5.75 Å². The van der Waals surface area contributed by atoms with Crippen molar-refractivity contribution in [3.8, 4) is 16.9 Å². The van der Waals surface area contributed by atoms with E-state index in [9.17, 15) is 5.11 Å². The molecule has 0 aliphatic rings. The van der Waals surface area contributed by atoms with E-state index in [1.54, 1.807) is 0 Å². The second-order valence-corrected chi connectivity index (χ2v) is 6.06. The van der Waals surface area contributed by atoms with Crippen LogP contribution in [0.1, 0.15) is 30.0 Å². The Labute approximate surface area is 145 Å². The van der Waals surface area contributed by atoms with Crippen LogP contribution in [0.3, 0.4) is 0 Å². The SMILES string of the molecule is CCCc1cc(C)c(O)c(C)c1.c1ccc(-c2ccccc2)cc1. The third kappa shape index (κ3) is 4.99. The maximum absolute atomic E-state index is 9.50. The molecule has 0 bridgehead atoms. The standard InChI is InChI=1S/C12H10.C11H16O/c1-3-7-11(8-4-1)12-9-5-2-6-10-12;1-4-5-10-6-8(2)11(12)9(3)7-10/h1-10H;6-7,12H,4-5H2,1-3H3. The van der Waals surface area contributed by atoms with Gasteiger partial charge in [-0.2, -0.15) is 0 Å². The summed E-state index contributed by atoms with van der Waals surface area (Å²) < 4.78 is 0. The summed E-state index contributed by atoms with van der Waals surface area (Å²) in [7, 11) is 0. The van der Waals surface area contributed by atoms with Crippen LogP contribution in [-0.4, -0.2) is 5.11 Å². The van der Waals surface area contributed by atoms with Gasteiger partial charge >= 0.3 is 0 Å². The van der Waals surface area contributed by atoms with Crippen LogP contribution in [0.4, 0.5) is 0 Å². The number of aromatic hydroxyl groups is 1. The molecule has 3 rings (SSSR count). The number of phenolic OH excluding ortho intramolecular Hbond substituents is 1. The average molecular weight is 318 g/mol. The lowest BCUT2D eigenvalue weighted by molar-refractivity contribution is 0.466. The molecule has 0 amide bonds. The number of hydrogen-bond acceptors (Lipinski definition) is 1. The van der Waals surface area contributed by atoms with Gasteiger partial charge in [0, 0.05) is 0 Å². The molecule has 0 aliphatic heterocycles. The zero-order chi connectivity index (χ0) is 17.4. The molecule has 0 unspecified atom stereocenters. The zero-order valence-corrected chi connectivity index (χ0v) is 14.8. The Hall–Kier alpha value is -2.54. The van der Waals surface area contributed by atoms with E-state index in [1.165, 1.54) is 16.7 Å². The molecule has 1 N–H and O–H groups in total. The molecule has 0 radical (unpaired) electrons. The molecule has 3 aromatic rings. The molecule has 0 heterocycles. The molecular weight excluding hydrogens is 292 g/mol. The van der Waals surface area contributed by atoms with E-state index >= 15 is 0 Å². The summed E-state index contributed by atoms with van der Waals surface area (Å²) in [5.74, 6) is 0.440. The van der Waals surface area contributed by atoms with Crippen molar-refractivity contribution in [1.29, 1.82) is 0 Å². The first kappa shape index (κ1) is 17.8. The number of phenols is 1. The van der Waals surface area contributed by atoms with Gasteiger partial charge in [-0.1, -0.05) is 86.1 Å². The van der Waals surface area contributed by atoms with E-state index < -0.39 is 0 Å². The first-order chi connectivity index (χ1) is 11.6. The third-order valence-electron chi connectivity index (χ3n) is 3.97. The van der Waals surface area contributed by atoms with Crippen LogP contribution in [-0.2, 0) is 6.42 Å². The quantitative estimate of drug-likeness (QED) is 0.599. The van der Waals surface area contributed by atoms with Gasteiger partial charge in [0.25, 0.3) is 0 Å². The minimum absolute atomic E-state index is 0.440. The molecule has 124 valence electrons. The van der Waals surface area contributed by atoms with Crippen molar-refractivity contribution in [2.45, 2.75) is 33.6 Å². The molecule has 0 saturated carbocycles. The van der Waals surface area contributed by atoms with Gasteiger partial charge in [-0.3, -0.25) is 0 Å². The molecule has 0 fully saturated rings. The highest BCUT2D eigenvalue weighted by molar-refractivity contribution is 5.62. The molecule has 0 saturated heterocycles. The van der Waals surface area contributed by atoms with E-state index in [4.69, 9.17) is 0 Å². The van der Waals surface area contributed by atoms with Crippen LogP contribution in [0.2, 0.25) is 0 Å². The average Bonchev–Trinajstić information content (AvgIpc) is 2.62. The molecule has 0 aliphatic carbocycles. The molecule has 1 nitrogen and oxygen atoms in total. The smallest absolute Gasteiger partial charge is 0.121 e. The van der Waals surface area contributed by atoms with E-state index in [0.717, 1.165) is 24.0 Å². The summed E-state index contributed by atoms with van der Waals surface area (Å²) in [5, 5.41) is 9.50. The van der Waals surface area contributed by atoms with Crippen LogP contribution in [0.15, 0.2) is 72.8 Å². The number of rotatable bonds is 3. The van der Waals surface area contributed by atoms with E-state index in [2.05, 4.69) is 67.6 Å². The maximum atomic E-state index is 9.50. The Kier molecular flexibility index (Phi) is 6.62. The molecular formula is C23H26O. The fourth-order valence-electron chi connectivity index (χ4n) is 2.74. The lowest BCUT2D eigenvalue weighted by Crippen LogP contribution is -1.87. The molecule has 3 aromatic carbocycles. The minimum Gasteiger partial charge on any atom is -0.507 e. The second kappa shape index (κ2) is 8.93. The topological polar surface area (TPSA) is 20.2 Å². The summed E-state index contributed by atoms with van der Waals surface area (Å²) in [4.78, 5) is 0. The lowest BCUT2D eigenvalue weighted by Gasteiger charge is -2.06. The predicted molar refractivity (Wildman–Crippen MR) is 103 cm³/mol. The van der Waals surface area contributed by atoms with Gasteiger partial charge in [0.05, 0.1) is 0 Å². The van der Waals surface area contributed by atoms with E-state index in [1.807, 2.05) is 26.0 Å². The Balaban J connectivity index is 0.000000174. The first-order valence-corrected chi connectivity index (χ1v) is 8.51. The van der Waals surface area contributed by atoms with Crippen molar-refractivity contribution in [3.05, 3.63) is 89.5 Å². The summed E-state index contributed by atoms with van der Waals surface area (Å²) in [6.45, 7) is 6.06. The highest BCUT2D eigenvalue weighted by atomic mass is 16.3.